The summed E-state index contributed by atoms with van der Waals surface area (Å²) >= 11 is 1.40. The van der Waals surface area contributed by atoms with Crippen LogP contribution in [0.5, 0.6) is 0 Å². The van der Waals surface area contributed by atoms with Crippen LogP contribution in [0.15, 0.2) is 60.8 Å². The first-order valence-electron chi connectivity index (χ1n) is 9.02. The molecule has 28 heavy (non-hydrogen) atoms. The number of aromatic nitrogens is 3. The standard InChI is InChI=1S/C21H17N5OS/c1-25-11-12-26(19-18(25)23-15-9-5-6-10-16(15)24-19)21(27)17-13-22-20(28-17)14-7-3-2-4-8-14/h2-10,13H,11-12H2,1H3. The number of nitrogens with zero attached hydrogens (tertiary/aromatic N) is 5. The maximum atomic E-state index is 13.3. The average molecular weight is 387 g/mol. The number of amides is 1. The first-order chi connectivity index (χ1) is 13.7. The monoisotopic (exact) mass is 387 g/mol. The molecule has 0 unspecified atom stereocenters. The number of hydrogen-bond donors (Lipinski definition) is 0. The molecule has 0 aliphatic carbocycles. The van der Waals surface area contributed by atoms with E-state index in [1.807, 2.05) is 66.5 Å². The van der Waals surface area contributed by atoms with Gasteiger partial charge in [-0.25, -0.2) is 15.0 Å². The number of anilines is 2. The highest BCUT2D eigenvalue weighted by atomic mass is 32.1. The smallest absolute Gasteiger partial charge is 0.271 e. The Morgan fingerprint density at radius 3 is 2.36 bits per heavy atom. The van der Waals surface area contributed by atoms with Gasteiger partial charge in [0.1, 0.15) is 9.88 Å². The SMILES string of the molecule is CN1CCN(C(=O)c2cnc(-c3ccccc3)s2)c2nc3ccccc3nc21. The average Bonchev–Trinajstić information content (AvgIpc) is 3.23. The molecule has 0 radical (unpaired) electrons. The van der Waals surface area contributed by atoms with Crippen LogP contribution in [-0.2, 0) is 0 Å². The van der Waals surface area contributed by atoms with E-state index in [0.29, 0.717) is 23.8 Å². The zero-order valence-corrected chi connectivity index (χ0v) is 16.1. The molecule has 2 aromatic carbocycles. The number of fused-ring (bicyclic) bond motifs is 2. The number of thiazole rings is 1. The summed E-state index contributed by atoms with van der Waals surface area (Å²) in [5, 5.41) is 0.836. The van der Waals surface area contributed by atoms with Crippen molar-refractivity contribution in [1.29, 1.82) is 0 Å². The second-order valence-electron chi connectivity index (χ2n) is 6.63. The van der Waals surface area contributed by atoms with Gasteiger partial charge in [-0.05, 0) is 12.1 Å². The van der Waals surface area contributed by atoms with Crippen LogP contribution in [0.25, 0.3) is 21.6 Å². The number of carbonyl (C=O) groups is 1. The number of para-hydroxylation sites is 2. The molecule has 0 saturated heterocycles. The summed E-state index contributed by atoms with van der Waals surface area (Å²) in [5.74, 6) is 1.25. The van der Waals surface area contributed by atoms with Crippen molar-refractivity contribution in [3.63, 3.8) is 0 Å². The molecule has 6 nitrogen and oxygen atoms in total. The minimum absolute atomic E-state index is 0.0846. The number of likely N-dealkylation sites (N-methyl/N-ethyl adjacent to an activating group) is 1. The van der Waals surface area contributed by atoms with Crippen molar-refractivity contribution in [1.82, 2.24) is 15.0 Å². The van der Waals surface area contributed by atoms with E-state index >= 15 is 0 Å². The minimum atomic E-state index is -0.0846. The number of carbonyl (C=O) groups excluding carboxylic acids is 1. The van der Waals surface area contributed by atoms with Gasteiger partial charge in [0.05, 0.1) is 17.2 Å². The van der Waals surface area contributed by atoms with Crippen LogP contribution in [-0.4, -0.2) is 41.0 Å². The van der Waals surface area contributed by atoms with E-state index in [1.54, 1.807) is 11.1 Å². The van der Waals surface area contributed by atoms with Gasteiger partial charge in [-0.15, -0.1) is 11.3 Å². The van der Waals surface area contributed by atoms with Crippen LogP contribution in [0.3, 0.4) is 0 Å². The molecule has 0 spiro atoms. The third-order valence-electron chi connectivity index (χ3n) is 4.79. The van der Waals surface area contributed by atoms with Crippen molar-refractivity contribution in [3.05, 3.63) is 65.7 Å². The molecule has 0 atom stereocenters. The van der Waals surface area contributed by atoms with E-state index in [1.165, 1.54) is 11.3 Å². The van der Waals surface area contributed by atoms with Crippen molar-refractivity contribution in [2.75, 3.05) is 29.9 Å². The molecular weight excluding hydrogens is 370 g/mol. The third-order valence-corrected chi connectivity index (χ3v) is 5.83. The topological polar surface area (TPSA) is 62.2 Å². The van der Waals surface area contributed by atoms with E-state index in [2.05, 4.69) is 4.98 Å². The Morgan fingerprint density at radius 2 is 1.61 bits per heavy atom. The molecule has 0 saturated carbocycles. The lowest BCUT2D eigenvalue weighted by Gasteiger charge is -2.33. The molecule has 0 N–H and O–H groups in total. The molecule has 1 aliphatic rings. The summed E-state index contributed by atoms with van der Waals surface area (Å²) in [6.45, 7) is 1.27. The molecule has 5 rings (SSSR count). The van der Waals surface area contributed by atoms with Crippen LogP contribution in [0.4, 0.5) is 11.6 Å². The maximum Gasteiger partial charge on any atom is 0.271 e. The van der Waals surface area contributed by atoms with Gasteiger partial charge >= 0.3 is 0 Å². The van der Waals surface area contributed by atoms with Crippen molar-refractivity contribution in [2.45, 2.75) is 0 Å². The number of benzene rings is 2. The van der Waals surface area contributed by atoms with E-state index in [4.69, 9.17) is 9.97 Å². The molecule has 1 aliphatic heterocycles. The summed E-state index contributed by atoms with van der Waals surface area (Å²) in [6, 6.07) is 17.6. The first-order valence-corrected chi connectivity index (χ1v) is 9.83. The van der Waals surface area contributed by atoms with Crippen LogP contribution >= 0.6 is 11.3 Å². The zero-order chi connectivity index (χ0) is 19.1. The van der Waals surface area contributed by atoms with Crippen LogP contribution < -0.4 is 9.80 Å². The zero-order valence-electron chi connectivity index (χ0n) is 15.2. The normalized spacial score (nSPS) is 13.6. The Bertz CT molecular complexity index is 1170. The predicted octanol–water partition coefficient (Wildman–Crippen LogP) is 3.85. The molecule has 4 aromatic rings. The molecule has 1 amide bonds. The number of rotatable bonds is 2. The van der Waals surface area contributed by atoms with Gasteiger partial charge in [-0.2, -0.15) is 0 Å². The quantitative estimate of drug-likeness (QED) is 0.523. The van der Waals surface area contributed by atoms with Crippen molar-refractivity contribution in [2.24, 2.45) is 0 Å². The maximum absolute atomic E-state index is 13.3. The fourth-order valence-electron chi connectivity index (χ4n) is 3.30. The second kappa shape index (κ2) is 6.69. The van der Waals surface area contributed by atoms with E-state index < -0.39 is 0 Å². The van der Waals surface area contributed by atoms with Gasteiger partial charge < -0.3 is 4.90 Å². The van der Waals surface area contributed by atoms with Crippen LogP contribution in [0.2, 0.25) is 0 Å². The Morgan fingerprint density at radius 1 is 0.929 bits per heavy atom. The van der Waals surface area contributed by atoms with Gasteiger partial charge in [0.15, 0.2) is 11.6 Å². The lowest BCUT2D eigenvalue weighted by Crippen LogP contribution is -2.43. The Hall–Kier alpha value is -3.32. The van der Waals surface area contributed by atoms with E-state index in [9.17, 15) is 4.79 Å². The fourth-order valence-corrected chi connectivity index (χ4v) is 4.17. The highest BCUT2D eigenvalue weighted by Crippen LogP contribution is 2.33. The molecule has 138 valence electrons. The van der Waals surface area contributed by atoms with E-state index in [-0.39, 0.29) is 5.91 Å². The molecule has 0 fully saturated rings. The van der Waals surface area contributed by atoms with Gasteiger partial charge in [-0.1, -0.05) is 42.5 Å². The molecular formula is C21H17N5OS. The molecule has 0 bridgehead atoms. The highest BCUT2D eigenvalue weighted by Gasteiger charge is 2.30. The third kappa shape index (κ3) is 2.80. The Balaban J connectivity index is 1.54. The lowest BCUT2D eigenvalue weighted by molar-refractivity contribution is 0.0989. The van der Waals surface area contributed by atoms with Crippen LogP contribution in [0, 0.1) is 0 Å². The largest absolute Gasteiger partial charge is 0.355 e. The van der Waals surface area contributed by atoms with Gasteiger partial charge in [0.25, 0.3) is 5.91 Å². The Labute approximate surface area is 166 Å². The van der Waals surface area contributed by atoms with Gasteiger partial charge in [0, 0.05) is 25.7 Å². The summed E-state index contributed by atoms with van der Waals surface area (Å²) in [4.78, 5) is 31.5. The van der Waals surface area contributed by atoms with Crippen molar-refractivity contribution in [3.8, 4) is 10.6 Å². The lowest BCUT2D eigenvalue weighted by atomic mass is 10.2. The molecule has 3 heterocycles. The van der Waals surface area contributed by atoms with Crippen molar-refractivity contribution >= 4 is 39.9 Å². The fraction of sp³-hybridized carbons (Fsp3) is 0.143. The molecule has 2 aromatic heterocycles. The summed E-state index contributed by atoms with van der Waals surface area (Å²) in [7, 11) is 1.98. The van der Waals surface area contributed by atoms with E-state index in [0.717, 1.165) is 27.4 Å². The highest BCUT2D eigenvalue weighted by molar-refractivity contribution is 7.17. The Kier molecular flexibility index (Phi) is 4.02. The van der Waals surface area contributed by atoms with Crippen LogP contribution in [0.1, 0.15) is 9.67 Å². The molecule has 7 heteroatoms. The van der Waals surface area contributed by atoms with Gasteiger partial charge in [0.2, 0.25) is 0 Å². The van der Waals surface area contributed by atoms with Gasteiger partial charge in [-0.3, -0.25) is 9.69 Å². The summed E-state index contributed by atoms with van der Waals surface area (Å²) < 4.78 is 0. The number of hydrogen-bond acceptors (Lipinski definition) is 6. The van der Waals surface area contributed by atoms with Crippen molar-refractivity contribution < 1.29 is 4.79 Å². The summed E-state index contributed by atoms with van der Waals surface area (Å²) in [6.07, 6.45) is 1.65. The minimum Gasteiger partial charge on any atom is -0.355 e. The predicted molar refractivity (Wildman–Crippen MR) is 112 cm³/mol. The first kappa shape index (κ1) is 16.8. The summed E-state index contributed by atoms with van der Waals surface area (Å²) in [5.41, 5.74) is 2.62. The second-order valence-corrected chi connectivity index (χ2v) is 7.66.